The minimum Gasteiger partial charge on any atom is -0.456 e. The fourth-order valence-corrected chi connectivity index (χ4v) is 8.41. The molecule has 9 nitrogen and oxygen atoms in total. The number of hydrogen-bond donors (Lipinski definition) is 2. The fraction of sp³-hybridized carbons (Fsp3) is 0.683. The number of carbonyl (C=O) groups excluding carboxylic acids is 2. The predicted octanol–water partition coefficient (Wildman–Crippen LogP) is 17.8. The number of hydrogen-bond acceptors (Lipinski definition) is 6. The van der Waals surface area contributed by atoms with E-state index in [2.05, 4.69) is 123 Å². The minimum atomic E-state index is -4.47. The van der Waals surface area contributed by atoms with Crippen molar-refractivity contribution in [2.24, 2.45) is 0 Å². The molecule has 10 heteroatoms. The van der Waals surface area contributed by atoms with Gasteiger partial charge >= 0.3 is 13.8 Å². The van der Waals surface area contributed by atoms with Gasteiger partial charge in [-0.25, -0.2) is 4.57 Å². The molecular weight excluding hydrogens is 928 g/mol. The Morgan fingerprint density at radius 3 is 1.36 bits per heavy atom. The molecule has 0 aliphatic heterocycles. The third-order valence-electron chi connectivity index (χ3n) is 12.2. The molecule has 0 aromatic rings. The van der Waals surface area contributed by atoms with Crippen LogP contribution in [0.4, 0.5) is 0 Å². The Kier molecular flexibility index (Phi) is 49.7. The molecular formula is C63H110N2O7P+. The first-order chi connectivity index (χ1) is 35.4. The van der Waals surface area contributed by atoms with Crippen LogP contribution < -0.4 is 5.32 Å². The van der Waals surface area contributed by atoms with E-state index in [1.165, 1.54) is 70.6 Å². The summed E-state index contributed by atoms with van der Waals surface area (Å²) < 4.78 is 30.6. The van der Waals surface area contributed by atoms with Gasteiger partial charge in [0.25, 0.3) is 0 Å². The third kappa shape index (κ3) is 53.3. The summed E-state index contributed by atoms with van der Waals surface area (Å²) in [5, 5.41) is 3.02. The molecule has 3 unspecified atom stereocenters. The lowest BCUT2D eigenvalue weighted by molar-refractivity contribution is -0.870. The summed E-state index contributed by atoms with van der Waals surface area (Å²) in [6.45, 7) is 6.80. The smallest absolute Gasteiger partial charge is 0.456 e. The molecule has 0 aliphatic rings. The molecule has 0 aliphatic carbocycles. The number of esters is 1. The molecule has 0 aromatic carbocycles. The highest BCUT2D eigenvalue weighted by Gasteiger charge is 2.30. The second-order valence-electron chi connectivity index (χ2n) is 20.4. The van der Waals surface area contributed by atoms with E-state index in [9.17, 15) is 19.0 Å². The Balaban J connectivity index is 5.41. The van der Waals surface area contributed by atoms with Crippen molar-refractivity contribution in [1.29, 1.82) is 0 Å². The van der Waals surface area contributed by atoms with Crippen LogP contribution in [0.5, 0.6) is 0 Å². The first kappa shape index (κ1) is 69.7. The van der Waals surface area contributed by atoms with E-state index in [4.69, 9.17) is 13.8 Å². The fourth-order valence-electron chi connectivity index (χ4n) is 7.68. The van der Waals surface area contributed by atoms with Gasteiger partial charge in [0.2, 0.25) is 5.91 Å². The van der Waals surface area contributed by atoms with E-state index in [0.29, 0.717) is 23.9 Å². The summed E-state index contributed by atoms with van der Waals surface area (Å²) >= 11 is 0. The summed E-state index contributed by atoms with van der Waals surface area (Å²) in [6.07, 6.45) is 70.8. The van der Waals surface area contributed by atoms with Crippen LogP contribution in [0.25, 0.3) is 0 Å². The van der Waals surface area contributed by atoms with Gasteiger partial charge in [-0.15, -0.1) is 0 Å². The molecule has 0 rings (SSSR count). The Morgan fingerprint density at radius 1 is 0.493 bits per heavy atom. The van der Waals surface area contributed by atoms with Gasteiger partial charge in [0.15, 0.2) is 0 Å². The molecule has 3 atom stereocenters. The zero-order chi connectivity index (χ0) is 53.6. The number of phosphoric ester groups is 1. The molecule has 1 amide bonds. The summed E-state index contributed by atoms with van der Waals surface area (Å²) in [5.74, 6) is -0.577. The molecule has 0 saturated carbocycles. The Labute approximate surface area is 449 Å². The Bertz CT molecular complexity index is 1620. The zero-order valence-corrected chi connectivity index (χ0v) is 48.5. The third-order valence-corrected chi connectivity index (χ3v) is 13.2. The highest BCUT2D eigenvalue weighted by molar-refractivity contribution is 7.47. The first-order valence-corrected chi connectivity index (χ1v) is 30.7. The van der Waals surface area contributed by atoms with Crippen molar-refractivity contribution >= 4 is 19.7 Å². The Hall–Kier alpha value is -3.33. The molecule has 0 saturated heterocycles. The van der Waals surface area contributed by atoms with Crippen LogP contribution in [0, 0.1) is 0 Å². The number of allylic oxidation sites excluding steroid dienone is 17. The van der Waals surface area contributed by atoms with Crippen molar-refractivity contribution in [3.05, 3.63) is 109 Å². The van der Waals surface area contributed by atoms with Gasteiger partial charge in [-0.05, 0) is 115 Å². The van der Waals surface area contributed by atoms with E-state index in [1.807, 2.05) is 33.3 Å². The van der Waals surface area contributed by atoms with Crippen LogP contribution in [0.15, 0.2) is 109 Å². The van der Waals surface area contributed by atoms with Crippen LogP contribution in [0.3, 0.4) is 0 Å². The van der Waals surface area contributed by atoms with Gasteiger partial charge in [-0.2, -0.15) is 0 Å². The van der Waals surface area contributed by atoms with Gasteiger partial charge in [-0.1, -0.05) is 208 Å². The predicted molar refractivity (Wildman–Crippen MR) is 313 cm³/mol. The van der Waals surface area contributed by atoms with E-state index >= 15 is 0 Å². The van der Waals surface area contributed by atoms with Crippen molar-refractivity contribution < 1.29 is 37.3 Å². The summed E-state index contributed by atoms with van der Waals surface area (Å²) in [7, 11) is 1.44. The quantitative estimate of drug-likeness (QED) is 0.0205. The van der Waals surface area contributed by atoms with Crippen molar-refractivity contribution in [2.45, 2.75) is 238 Å². The number of nitrogens with one attached hydrogen (secondary N) is 1. The molecule has 0 heterocycles. The summed E-state index contributed by atoms with van der Waals surface area (Å²) in [6, 6.07) is -0.881. The molecule has 2 N–H and O–H groups in total. The molecule has 0 aromatic heterocycles. The zero-order valence-electron chi connectivity index (χ0n) is 47.6. The van der Waals surface area contributed by atoms with Crippen LogP contribution in [-0.2, 0) is 27.9 Å². The second-order valence-corrected chi connectivity index (χ2v) is 21.9. The van der Waals surface area contributed by atoms with Crippen molar-refractivity contribution in [3.63, 3.8) is 0 Å². The monoisotopic (exact) mass is 1040 g/mol. The minimum absolute atomic E-state index is 0.0238. The number of nitrogens with zero attached hydrogens (tertiary/aromatic N) is 1. The van der Waals surface area contributed by atoms with E-state index in [0.717, 1.165) is 109 Å². The number of likely N-dealkylation sites (N-methyl/N-ethyl adjacent to an activating group) is 1. The number of amides is 1. The van der Waals surface area contributed by atoms with Crippen LogP contribution in [0.2, 0.25) is 0 Å². The average Bonchev–Trinajstić information content (AvgIpc) is 3.35. The number of phosphoric acid groups is 1. The lowest BCUT2D eigenvalue weighted by Gasteiger charge is -2.27. The van der Waals surface area contributed by atoms with Gasteiger partial charge in [0, 0.05) is 12.8 Å². The van der Waals surface area contributed by atoms with Gasteiger partial charge in [-0.3, -0.25) is 18.6 Å². The van der Waals surface area contributed by atoms with Gasteiger partial charge in [0.05, 0.1) is 33.8 Å². The van der Waals surface area contributed by atoms with Crippen LogP contribution >= 0.6 is 7.82 Å². The molecule has 0 bridgehead atoms. The molecule has 73 heavy (non-hydrogen) atoms. The van der Waals surface area contributed by atoms with Crippen molar-refractivity contribution in [2.75, 3.05) is 40.9 Å². The maximum atomic E-state index is 13.5. The van der Waals surface area contributed by atoms with Gasteiger partial charge < -0.3 is 19.4 Å². The average molecular weight is 1040 g/mol. The highest BCUT2D eigenvalue weighted by Crippen LogP contribution is 2.43. The molecule has 0 fully saturated rings. The maximum absolute atomic E-state index is 13.5. The molecule has 0 radical (unpaired) electrons. The van der Waals surface area contributed by atoms with Crippen LogP contribution in [0.1, 0.15) is 226 Å². The van der Waals surface area contributed by atoms with E-state index in [1.54, 1.807) is 0 Å². The lowest BCUT2D eigenvalue weighted by Crippen LogP contribution is -2.47. The van der Waals surface area contributed by atoms with Crippen molar-refractivity contribution in [3.8, 4) is 0 Å². The first-order valence-electron chi connectivity index (χ1n) is 29.2. The van der Waals surface area contributed by atoms with E-state index in [-0.39, 0.29) is 37.9 Å². The standard InChI is InChI=1S/C63H109N2O7P/c1-7-10-13-16-19-22-25-27-29-31-32-34-35-37-40-43-46-49-52-55-62(66)64-60(59-71-73(68,69)70-58-57-65(4,5)6)61(54-51-48-45-42-39-24-21-18-15-12-9-3)72-63(67)56-53-50-47-44-41-38-36-33-30-28-26-23-20-17-14-11-8-2/h10,13,19-20,22-23,27-30,32,34,36-38,40,51,54,60-61H,7-9,11-12,14-18,21,24-26,31,33,35,39,41-50,52-53,55-59H2,1-6H3,(H-,64,66,68,69)/p+1/b13-10-,22-19-,23-20-,29-27-,30-28-,34-32-,38-36-,40-37-,54-51+. The Morgan fingerprint density at radius 2 is 0.877 bits per heavy atom. The topological polar surface area (TPSA) is 111 Å². The highest BCUT2D eigenvalue weighted by atomic mass is 31.2. The van der Waals surface area contributed by atoms with Crippen molar-refractivity contribution in [1.82, 2.24) is 5.32 Å². The SMILES string of the molecule is CC/C=C\C/C=C\C/C=C\C/C=C\C/C=C\CCCCCC(=O)NC(COP(=O)(O)OCC[N+](C)(C)C)C(/C=C/CCCCCCCCCCC)OC(=O)CCCCCC/C=C\C/C=C\C/C=C\CCCCC. The number of rotatable bonds is 51. The maximum Gasteiger partial charge on any atom is 0.472 e. The van der Waals surface area contributed by atoms with Gasteiger partial charge in [0.1, 0.15) is 19.3 Å². The lowest BCUT2D eigenvalue weighted by atomic mass is 10.1. The molecule has 0 spiro atoms. The number of unbranched alkanes of at least 4 members (excludes halogenated alkanes) is 19. The number of quaternary nitrogens is 1. The van der Waals surface area contributed by atoms with Crippen LogP contribution in [-0.4, -0.2) is 74.3 Å². The summed E-state index contributed by atoms with van der Waals surface area (Å²) in [4.78, 5) is 37.6. The largest absolute Gasteiger partial charge is 0.472 e. The van der Waals surface area contributed by atoms with E-state index < -0.39 is 20.0 Å². The normalized spacial score (nSPS) is 14.6. The second kappa shape index (κ2) is 52.1. The molecule has 418 valence electrons. The number of ether oxygens (including phenoxy) is 1. The number of carbonyl (C=O) groups is 2. The summed E-state index contributed by atoms with van der Waals surface area (Å²) in [5.41, 5.74) is 0.